The lowest BCUT2D eigenvalue weighted by Gasteiger charge is -2.26. The molecule has 0 bridgehead atoms. The fourth-order valence-corrected chi connectivity index (χ4v) is 3.60. The number of hydrogen-bond acceptors (Lipinski definition) is 3. The molecule has 1 heterocycles. The van der Waals surface area contributed by atoms with E-state index in [2.05, 4.69) is 33.1 Å². The van der Waals surface area contributed by atoms with Crippen LogP contribution in [0.1, 0.15) is 38.7 Å². The van der Waals surface area contributed by atoms with Crippen molar-refractivity contribution in [2.24, 2.45) is 5.73 Å². The van der Waals surface area contributed by atoms with E-state index in [1.165, 1.54) is 12.8 Å². The van der Waals surface area contributed by atoms with Gasteiger partial charge in [0.25, 0.3) is 0 Å². The fraction of sp³-hybridized carbons (Fsp3) is 0.588. The van der Waals surface area contributed by atoms with Crippen molar-refractivity contribution >= 4 is 21.8 Å². The van der Waals surface area contributed by atoms with Crippen molar-refractivity contribution < 1.29 is 4.79 Å². The summed E-state index contributed by atoms with van der Waals surface area (Å²) >= 11 is 3.41. The zero-order valence-electron chi connectivity index (χ0n) is 13.2. The number of nitrogens with zero attached hydrogens (tertiary/aromatic N) is 1. The van der Waals surface area contributed by atoms with Crippen LogP contribution in [0.3, 0.4) is 0 Å². The van der Waals surface area contributed by atoms with Crippen LogP contribution in [0.5, 0.6) is 0 Å². The average Bonchev–Trinajstić information content (AvgIpc) is 3.24. The molecule has 3 unspecified atom stereocenters. The first-order valence-corrected chi connectivity index (χ1v) is 8.79. The third-order valence-electron chi connectivity index (χ3n) is 4.89. The van der Waals surface area contributed by atoms with E-state index < -0.39 is 5.54 Å². The number of nitrogens with two attached hydrogens (primary N) is 1. The van der Waals surface area contributed by atoms with E-state index in [4.69, 9.17) is 5.73 Å². The number of likely N-dealkylation sites (tertiary alicyclic amines) is 1. The molecule has 1 saturated carbocycles. The molecule has 2 fully saturated rings. The Morgan fingerprint density at radius 3 is 2.59 bits per heavy atom. The summed E-state index contributed by atoms with van der Waals surface area (Å²) in [5.74, 6) is -0.0929. The largest absolute Gasteiger partial charge is 0.350 e. The maximum absolute atomic E-state index is 12.6. The number of halogens is 1. The Bertz CT molecular complexity index is 554. The van der Waals surface area contributed by atoms with Crippen molar-refractivity contribution in [1.82, 2.24) is 10.2 Å². The maximum Gasteiger partial charge on any atom is 0.244 e. The van der Waals surface area contributed by atoms with Gasteiger partial charge < -0.3 is 11.1 Å². The number of hydrogen-bond donors (Lipinski definition) is 2. The summed E-state index contributed by atoms with van der Waals surface area (Å²) in [5.41, 5.74) is 6.14. The minimum absolute atomic E-state index is 0.0929. The monoisotopic (exact) mass is 365 g/mol. The normalized spacial score (nSPS) is 28.4. The van der Waals surface area contributed by atoms with E-state index in [1.807, 2.05) is 24.3 Å². The summed E-state index contributed by atoms with van der Waals surface area (Å²) in [6, 6.07) is 9.14. The van der Waals surface area contributed by atoms with E-state index in [0.29, 0.717) is 6.04 Å². The molecular formula is C17H24BrN3O. The average molecular weight is 366 g/mol. The fourth-order valence-electron chi connectivity index (χ4n) is 3.34. The first-order valence-electron chi connectivity index (χ1n) is 7.99. The van der Waals surface area contributed by atoms with Crippen LogP contribution in [0, 0.1) is 0 Å². The molecule has 3 rings (SSSR count). The predicted octanol–water partition coefficient (Wildman–Crippen LogP) is 2.36. The number of nitrogens with one attached hydrogen (secondary N) is 1. The third-order valence-corrected chi connectivity index (χ3v) is 5.42. The first kappa shape index (κ1) is 16.0. The van der Waals surface area contributed by atoms with Gasteiger partial charge in [0.2, 0.25) is 5.91 Å². The zero-order chi connectivity index (χ0) is 15.9. The van der Waals surface area contributed by atoms with Gasteiger partial charge in [0, 0.05) is 29.1 Å². The molecule has 1 aromatic carbocycles. The summed E-state index contributed by atoms with van der Waals surface area (Å²) < 4.78 is 0.983. The highest BCUT2D eigenvalue weighted by atomic mass is 79.9. The number of carbonyl (C=O) groups is 1. The van der Waals surface area contributed by atoms with Gasteiger partial charge in [0.1, 0.15) is 5.54 Å². The number of carbonyl (C=O) groups excluding carboxylic acids is 1. The van der Waals surface area contributed by atoms with Crippen molar-refractivity contribution in [2.75, 3.05) is 6.54 Å². The van der Waals surface area contributed by atoms with Gasteiger partial charge in [-0.15, -0.1) is 0 Å². The summed E-state index contributed by atoms with van der Waals surface area (Å²) in [4.78, 5) is 15.2. The Kier molecular flexibility index (Phi) is 4.32. The van der Waals surface area contributed by atoms with Crippen LogP contribution in [-0.2, 0) is 10.3 Å². The van der Waals surface area contributed by atoms with Crippen LogP contribution in [0.15, 0.2) is 28.7 Å². The van der Waals surface area contributed by atoms with Gasteiger partial charge in [-0.25, -0.2) is 0 Å². The van der Waals surface area contributed by atoms with Gasteiger partial charge in [-0.3, -0.25) is 9.69 Å². The predicted molar refractivity (Wildman–Crippen MR) is 91.4 cm³/mol. The maximum atomic E-state index is 12.6. The van der Waals surface area contributed by atoms with Gasteiger partial charge in [-0.2, -0.15) is 0 Å². The molecule has 4 nitrogen and oxygen atoms in total. The second-order valence-corrected chi connectivity index (χ2v) is 7.81. The SMILES string of the molecule is CC1CC(NC(=O)C(C)(N)c2ccc(Br)cc2)CN1C1CC1. The summed E-state index contributed by atoms with van der Waals surface area (Å²) in [6.45, 7) is 4.98. The van der Waals surface area contributed by atoms with E-state index in [-0.39, 0.29) is 11.9 Å². The van der Waals surface area contributed by atoms with Crippen LogP contribution in [0.25, 0.3) is 0 Å². The molecule has 2 aliphatic rings. The second kappa shape index (κ2) is 5.95. The Labute approximate surface area is 140 Å². The molecule has 0 radical (unpaired) electrons. The molecule has 3 N–H and O–H groups in total. The van der Waals surface area contributed by atoms with E-state index >= 15 is 0 Å². The molecular weight excluding hydrogens is 342 g/mol. The highest BCUT2D eigenvalue weighted by molar-refractivity contribution is 9.10. The highest BCUT2D eigenvalue weighted by Crippen LogP contribution is 2.33. The van der Waals surface area contributed by atoms with Crippen LogP contribution < -0.4 is 11.1 Å². The molecule has 1 saturated heterocycles. The molecule has 5 heteroatoms. The number of benzene rings is 1. The van der Waals surface area contributed by atoms with Gasteiger partial charge in [0.15, 0.2) is 0 Å². The van der Waals surface area contributed by atoms with Crippen molar-refractivity contribution in [1.29, 1.82) is 0 Å². The zero-order valence-corrected chi connectivity index (χ0v) is 14.8. The minimum Gasteiger partial charge on any atom is -0.350 e. The molecule has 120 valence electrons. The standard InChI is InChI=1S/C17H24BrN3O/c1-11-9-14(10-21(11)15-7-8-15)20-16(22)17(2,19)12-3-5-13(18)6-4-12/h3-6,11,14-15H,7-10,19H2,1-2H3,(H,20,22). The molecule has 1 aliphatic heterocycles. The second-order valence-electron chi connectivity index (χ2n) is 6.89. The van der Waals surface area contributed by atoms with E-state index in [0.717, 1.165) is 29.0 Å². The topological polar surface area (TPSA) is 58.4 Å². The quantitative estimate of drug-likeness (QED) is 0.860. The summed E-state index contributed by atoms with van der Waals surface area (Å²) in [7, 11) is 0. The van der Waals surface area contributed by atoms with Crippen LogP contribution in [0.2, 0.25) is 0 Å². The molecule has 1 amide bonds. The lowest BCUT2D eigenvalue weighted by Crippen LogP contribution is -2.52. The minimum atomic E-state index is -1.00. The van der Waals surface area contributed by atoms with Crippen molar-refractivity contribution in [3.8, 4) is 0 Å². The lowest BCUT2D eigenvalue weighted by molar-refractivity contribution is -0.126. The van der Waals surface area contributed by atoms with Crippen molar-refractivity contribution in [2.45, 2.75) is 56.8 Å². The molecule has 22 heavy (non-hydrogen) atoms. The van der Waals surface area contributed by atoms with Crippen LogP contribution in [0.4, 0.5) is 0 Å². The van der Waals surface area contributed by atoms with E-state index in [9.17, 15) is 4.79 Å². The smallest absolute Gasteiger partial charge is 0.244 e. The van der Waals surface area contributed by atoms with Crippen LogP contribution in [-0.4, -0.2) is 35.5 Å². The van der Waals surface area contributed by atoms with Crippen molar-refractivity contribution in [3.63, 3.8) is 0 Å². The molecule has 0 aromatic heterocycles. The number of amides is 1. The van der Waals surface area contributed by atoms with Gasteiger partial charge in [-0.1, -0.05) is 28.1 Å². The van der Waals surface area contributed by atoms with Crippen LogP contribution >= 0.6 is 15.9 Å². The van der Waals surface area contributed by atoms with Crippen molar-refractivity contribution in [3.05, 3.63) is 34.3 Å². The number of rotatable bonds is 4. The molecule has 0 spiro atoms. The Balaban J connectivity index is 1.64. The highest BCUT2D eigenvalue weighted by Gasteiger charge is 2.40. The molecule has 1 aromatic rings. The van der Waals surface area contributed by atoms with Gasteiger partial charge in [-0.05, 0) is 50.8 Å². The Morgan fingerprint density at radius 1 is 1.36 bits per heavy atom. The molecule has 3 atom stereocenters. The molecule has 1 aliphatic carbocycles. The van der Waals surface area contributed by atoms with Gasteiger partial charge in [0.05, 0.1) is 0 Å². The van der Waals surface area contributed by atoms with E-state index in [1.54, 1.807) is 6.92 Å². The Hall–Kier alpha value is -0.910. The lowest BCUT2D eigenvalue weighted by atomic mass is 9.92. The van der Waals surface area contributed by atoms with Gasteiger partial charge >= 0.3 is 0 Å². The first-order chi connectivity index (χ1) is 10.4. The Morgan fingerprint density at radius 2 is 2.00 bits per heavy atom. The summed E-state index contributed by atoms with van der Waals surface area (Å²) in [6.07, 6.45) is 3.62. The summed E-state index contributed by atoms with van der Waals surface area (Å²) in [5, 5.41) is 3.16. The third kappa shape index (κ3) is 3.21.